The molecule has 0 aliphatic carbocycles. The number of rotatable bonds is 12. The van der Waals surface area contributed by atoms with E-state index in [0.717, 1.165) is 25.0 Å². The van der Waals surface area contributed by atoms with Gasteiger partial charge in [0.1, 0.15) is 0 Å². The smallest absolute Gasteiger partial charge is 0.333 e. The van der Waals surface area contributed by atoms with Gasteiger partial charge in [0.25, 0.3) is 0 Å². The molecule has 4 nitrogen and oxygen atoms in total. The molecule has 0 bridgehead atoms. The second kappa shape index (κ2) is 11.1. The maximum absolute atomic E-state index is 11.9. The van der Waals surface area contributed by atoms with E-state index in [0.29, 0.717) is 35.2 Å². The minimum atomic E-state index is -1.89. The first kappa shape index (κ1) is 25.4. The molecule has 0 radical (unpaired) electrons. The summed E-state index contributed by atoms with van der Waals surface area (Å²) < 4.78 is 11.9. The van der Waals surface area contributed by atoms with Crippen molar-refractivity contribution >= 4 is 25.2 Å². The Kier molecular flexibility index (Phi) is 9.13. The van der Waals surface area contributed by atoms with Crippen LogP contribution in [0, 0.1) is 0 Å². The Morgan fingerprint density at radius 1 is 1.03 bits per heavy atom. The lowest BCUT2D eigenvalue weighted by molar-refractivity contribution is -0.138. The van der Waals surface area contributed by atoms with Gasteiger partial charge in [-0.05, 0) is 54.4 Å². The van der Waals surface area contributed by atoms with Crippen molar-refractivity contribution in [3.8, 4) is 0 Å². The van der Waals surface area contributed by atoms with Crippen LogP contribution < -0.4 is 0 Å². The number of fused-ring (bicyclic) bond motifs is 1. The van der Waals surface area contributed by atoms with Crippen molar-refractivity contribution in [2.75, 3.05) is 13.2 Å². The zero-order valence-electron chi connectivity index (χ0n) is 20.5. The van der Waals surface area contributed by atoms with Crippen LogP contribution in [-0.2, 0) is 26.8 Å². The maximum Gasteiger partial charge on any atom is 0.333 e. The number of aromatic nitrogens is 1. The minimum absolute atomic E-state index is 0.301. The first-order valence-corrected chi connectivity index (χ1v) is 13.9. The third-order valence-electron chi connectivity index (χ3n) is 6.55. The number of hydrogen-bond acceptors (Lipinski definition) is 3. The molecule has 0 saturated carbocycles. The number of aromatic amines is 1. The number of esters is 1. The number of benzene rings is 1. The van der Waals surface area contributed by atoms with Crippen LogP contribution in [0.3, 0.4) is 0 Å². The zero-order valence-corrected chi connectivity index (χ0v) is 21.5. The Labute approximate surface area is 189 Å². The monoisotopic (exact) mass is 443 g/mol. The van der Waals surface area contributed by atoms with Crippen LogP contribution >= 0.6 is 0 Å². The van der Waals surface area contributed by atoms with Crippen molar-refractivity contribution in [1.29, 1.82) is 0 Å². The number of hydrogen-bond donors (Lipinski definition) is 1. The fraction of sp³-hybridized carbons (Fsp3) is 0.577. The van der Waals surface area contributed by atoms with Crippen LogP contribution in [0.5, 0.6) is 0 Å². The Morgan fingerprint density at radius 2 is 1.65 bits per heavy atom. The first-order chi connectivity index (χ1) is 14.6. The lowest BCUT2D eigenvalue weighted by atomic mass is 10.0. The summed E-state index contributed by atoms with van der Waals surface area (Å²) in [5.74, 6) is -0.301. The molecule has 1 aromatic heterocycles. The van der Waals surface area contributed by atoms with Gasteiger partial charge in [0.15, 0.2) is 8.32 Å². The fourth-order valence-electron chi connectivity index (χ4n) is 5.20. The fourth-order valence-corrected chi connectivity index (χ4v) is 10.7. The standard InChI is InChI=1S/C26H41NO3Si/c1-9-29-26(28)21(8)14-15-25-23(22-12-10-11-13-24(22)27-25)16-17-30-31(18(2)3,19(4)5)20(6)7/h10-13,18-20,27H,8-9,14-17H2,1-7H3. The molecule has 172 valence electrons. The highest BCUT2D eigenvalue weighted by Crippen LogP contribution is 2.42. The zero-order chi connectivity index (χ0) is 23.2. The van der Waals surface area contributed by atoms with Gasteiger partial charge < -0.3 is 14.1 Å². The Bertz CT molecular complexity index is 860. The lowest BCUT2D eigenvalue weighted by Gasteiger charge is -2.42. The average Bonchev–Trinajstić information content (AvgIpc) is 3.06. The summed E-state index contributed by atoms with van der Waals surface area (Å²) >= 11 is 0. The van der Waals surface area contributed by atoms with Gasteiger partial charge >= 0.3 is 5.97 Å². The molecule has 0 fully saturated rings. The summed E-state index contributed by atoms with van der Waals surface area (Å²) in [6, 6.07) is 8.41. The SMILES string of the molecule is C=C(CCc1[nH]c2ccccc2c1CCO[Si](C(C)C)(C(C)C)C(C)C)C(=O)OCC. The van der Waals surface area contributed by atoms with Gasteiger partial charge in [-0.25, -0.2) is 4.79 Å². The summed E-state index contributed by atoms with van der Waals surface area (Å²) in [4.78, 5) is 15.5. The lowest BCUT2D eigenvalue weighted by Crippen LogP contribution is -2.48. The van der Waals surface area contributed by atoms with Gasteiger partial charge in [-0.3, -0.25) is 0 Å². The molecule has 1 heterocycles. The third kappa shape index (κ3) is 5.69. The van der Waals surface area contributed by atoms with Gasteiger partial charge in [-0.2, -0.15) is 0 Å². The van der Waals surface area contributed by atoms with Crippen LogP contribution in [0.2, 0.25) is 16.6 Å². The van der Waals surface area contributed by atoms with Gasteiger partial charge in [0.2, 0.25) is 0 Å². The molecule has 0 atom stereocenters. The van der Waals surface area contributed by atoms with E-state index in [1.54, 1.807) is 0 Å². The summed E-state index contributed by atoms with van der Waals surface area (Å²) in [6.07, 6.45) is 2.19. The summed E-state index contributed by atoms with van der Waals surface area (Å²) in [6.45, 7) is 20.8. The number of para-hydroxylation sites is 1. The summed E-state index contributed by atoms with van der Waals surface area (Å²) in [5.41, 5.74) is 5.84. The van der Waals surface area contributed by atoms with Crippen LogP contribution in [0.25, 0.3) is 10.9 Å². The Hall–Kier alpha value is -1.85. The van der Waals surface area contributed by atoms with E-state index >= 15 is 0 Å². The van der Waals surface area contributed by atoms with Gasteiger partial charge in [0.05, 0.1) is 6.61 Å². The largest absolute Gasteiger partial charge is 0.463 e. The van der Waals surface area contributed by atoms with Crippen LogP contribution in [0.1, 0.15) is 66.1 Å². The van der Waals surface area contributed by atoms with Crippen LogP contribution in [0.15, 0.2) is 36.4 Å². The second-order valence-electron chi connectivity index (χ2n) is 9.37. The van der Waals surface area contributed by atoms with E-state index in [9.17, 15) is 4.79 Å². The summed E-state index contributed by atoms with van der Waals surface area (Å²) in [5, 5.41) is 1.24. The van der Waals surface area contributed by atoms with Crippen molar-refractivity contribution in [2.24, 2.45) is 0 Å². The minimum Gasteiger partial charge on any atom is -0.463 e. The predicted octanol–water partition coefficient (Wildman–Crippen LogP) is 6.95. The molecule has 0 aliphatic rings. The maximum atomic E-state index is 11.9. The highest BCUT2D eigenvalue weighted by Gasteiger charge is 2.44. The topological polar surface area (TPSA) is 51.3 Å². The van der Waals surface area contributed by atoms with E-state index in [-0.39, 0.29) is 5.97 Å². The quantitative estimate of drug-likeness (QED) is 0.219. The molecule has 5 heteroatoms. The molecule has 0 amide bonds. The highest BCUT2D eigenvalue weighted by molar-refractivity contribution is 6.77. The van der Waals surface area contributed by atoms with Crippen molar-refractivity contribution < 1.29 is 14.0 Å². The van der Waals surface area contributed by atoms with E-state index in [2.05, 4.69) is 77.4 Å². The van der Waals surface area contributed by atoms with Crippen molar-refractivity contribution in [1.82, 2.24) is 4.98 Å². The van der Waals surface area contributed by atoms with E-state index in [4.69, 9.17) is 9.16 Å². The highest BCUT2D eigenvalue weighted by atomic mass is 28.4. The van der Waals surface area contributed by atoms with E-state index in [1.807, 2.05) is 6.92 Å². The van der Waals surface area contributed by atoms with E-state index < -0.39 is 8.32 Å². The molecule has 0 aliphatic heterocycles. The van der Waals surface area contributed by atoms with E-state index in [1.165, 1.54) is 16.6 Å². The van der Waals surface area contributed by atoms with Crippen molar-refractivity contribution in [2.45, 2.75) is 84.4 Å². The first-order valence-electron chi connectivity index (χ1n) is 11.7. The average molecular weight is 444 g/mol. The molecule has 31 heavy (non-hydrogen) atoms. The molecule has 0 spiro atoms. The van der Waals surface area contributed by atoms with Crippen LogP contribution in [-0.4, -0.2) is 32.5 Å². The normalized spacial score (nSPS) is 12.3. The molecule has 2 rings (SSSR count). The number of carbonyl (C=O) groups is 1. The van der Waals surface area contributed by atoms with Gasteiger partial charge in [0, 0.05) is 28.8 Å². The number of H-pyrrole nitrogens is 1. The van der Waals surface area contributed by atoms with Crippen LogP contribution in [0.4, 0.5) is 0 Å². The molecule has 0 unspecified atom stereocenters. The molecular formula is C26H41NO3Si. The molecule has 1 N–H and O–H groups in total. The molecule has 1 aromatic carbocycles. The molecular weight excluding hydrogens is 402 g/mol. The van der Waals surface area contributed by atoms with Crippen molar-refractivity contribution in [3.63, 3.8) is 0 Å². The molecule has 0 saturated heterocycles. The third-order valence-corrected chi connectivity index (χ3v) is 12.7. The summed E-state index contributed by atoms with van der Waals surface area (Å²) in [7, 11) is -1.89. The number of aryl methyl sites for hydroxylation is 1. The second-order valence-corrected chi connectivity index (χ2v) is 14.8. The number of nitrogens with one attached hydrogen (secondary N) is 1. The van der Waals surface area contributed by atoms with Gasteiger partial charge in [-0.15, -0.1) is 0 Å². The Balaban J connectivity index is 2.21. The van der Waals surface area contributed by atoms with Crippen molar-refractivity contribution in [3.05, 3.63) is 47.7 Å². The van der Waals surface area contributed by atoms with Gasteiger partial charge in [-0.1, -0.05) is 66.3 Å². The molecule has 2 aromatic rings. The number of carbonyl (C=O) groups excluding carboxylic acids is 1. The Morgan fingerprint density at radius 3 is 2.23 bits per heavy atom. The predicted molar refractivity (Wildman–Crippen MR) is 133 cm³/mol. The number of ether oxygens (including phenoxy) is 1.